The molecule has 0 aliphatic heterocycles. The van der Waals surface area contributed by atoms with Crippen LogP contribution in [0.4, 0.5) is 13.6 Å². The maximum absolute atomic E-state index is 14.0. The highest BCUT2D eigenvalue weighted by Crippen LogP contribution is 2.29. The molecule has 5 nitrogen and oxygen atoms in total. The lowest BCUT2D eigenvalue weighted by molar-refractivity contribution is 0.191. The topological polar surface area (TPSA) is 50.2 Å². The minimum atomic E-state index is -0.646. The molecule has 29 heavy (non-hydrogen) atoms. The number of halogens is 3. The molecule has 1 N–H and O–H groups in total. The Hall–Kier alpha value is -2.93. The lowest BCUT2D eigenvalue weighted by Gasteiger charge is -2.23. The van der Waals surface area contributed by atoms with Crippen molar-refractivity contribution in [2.24, 2.45) is 0 Å². The van der Waals surface area contributed by atoms with Gasteiger partial charge in [-0.25, -0.2) is 18.3 Å². The molecule has 2 amide bonds. The van der Waals surface area contributed by atoms with Gasteiger partial charge in [0.15, 0.2) is 0 Å². The second kappa shape index (κ2) is 8.21. The van der Waals surface area contributed by atoms with E-state index in [-0.39, 0.29) is 18.6 Å². The second-order valence-electron chi connectivity index (χ2n) is 7.02. The highest BCUT2D eigenvalue weighted by Gasteiger charge is 2.33. The number of rotatable bonds is 6. The van der Waals surface area contributed by atoms with Crippen LogP contribution in [0.15, 0.2) is 54.9 Å². The van der Waals surface area contributed by atoms with Gasteiger partial charge in [0.1, 0.15) is 11.6 Å². The maximum atomic E-state index is 14.0. The Bertz CT molecular complexity index is 1020. The van der Waals surface area contributed by atoms with Crippen LogP contribution < -0.4 is 5.32 Å². The van der Waals surface area contributed by atoms with Crippen molar-refractivity contribution in [3.05, 3.63) is 82.6 Å². The van der Waals surface area contributed by atoms with Crippen molar-refractivity contribution in [3.63, 3.8) is 0 Å². The van der Waals surface area contributed by atoms with Crippen molar-refractivity contribution in [3.8, 4) is 5.69 Å². The molecule has 8 heteroatoms. The summed E-state index contributed by atoms with van der Waals surface area (Å²) in [5.41, 5.74) is 1.99. The lowest BCUT2D eigenvalue weighted by Crippen LogP contribution is -2.40. The Kier molecular flexibility index (Phi) is 5.49. The van der Waals surface area contributed by atoms with E-state index >= 15 is 0 Å². The Morgan fingerprint density at radius 2 is 1.97 bits per heavy atom. The van der Waals surface area contributed by atoms with Crippen LogP contribution >= 0.6 is 11.6 Å². The predicted molar refractivity (Wildman–Crippen MR) is 106 cm³/mol. The van der Waals surface area contributed by atoms with Gasteiger partial charge in [0.2, 0.25) is 0 Å². The van der Waals surface area contributed by atoms with Crippen molar-refractivity contribution >= 4 is 17.6 Å². The van der Waals surface area contributed by atoms with Crippen LogP contribution in [-0.4, -0.2) is 26.8 Å². The Labute approximate surface area is 171 Å². The van der Waals surface area contributed by atoms with E-state index in [0.717, 1.165) is 30.2 Å². The highest BCUT2D eigenvalue weighted by atomic mass is 35.5. The molecule has 1 aromatic heterocycles. The van der Waals surface area contributed by atoms with E-state index in [4.69, 9.17) is 11.6 Å². The van der Waals surface area contributed by atoms with Gasteiger partial charge in [-0.1, -0.05) is 17.7 Å². The van der Waals surface area contributed by atoms with E-state index in [1.54, 1.807) is 27.9 Å². The van der Waals surface area contributed by atoms with E-state index in [1.807, 2.05) is 18.3 Å². The minimum Gasteiger partial charge on any atom is -0.334 e. The smallest absolute Gasteiger partial charge is 0.318 e. The number of benzene rings is 2. The fraction of sp³-hybridized carbons (Fsp3) is 0.238. The number of urea groups is 1. The van der Waals surface area contributed by atoms with E-state index < -0.39 is 11.6 Å². The van der Waals surface area contributed by atoms with Gasteiger partial charge >= 0.3 is 6.03 Å². The first kappa shape index (κ1) is 19.4. The van der Waals surface area contributed by atoms with Crippen LogP contribution in [0.25, 0.3) is 5.69 Å². The lowest BCUT2D eigenvalue weighted by atomic mass is 10.2. The number of carbonyl (C=O) groups excluding carboxylic acids is 1. The van der Waals surface area contributed by atoms with Crippen molar-refractivity contribution in [2.75, 3.05) is 0 Å². The van der Waals surface area contributed by atoms with Crippen LogP contribution in [0.2, 0.25) is 5.02 Å². The maximum Gasteiger partial charge on any atom is 0.318 e. The van der Waals surface area contributed by atoms with Gasteiger partial charge in [-0.15, -0.1) is 0 Å². The third-order valence-corrected chi connectivity index (χ3v) is 5.03. The first-order chi connectivity index (χ1) is 14.0. The van der Waals surface area contributed by atoms with Gasteiger partial charge in [0, 0.05) is 41.0 Å². The number of nitrogens with zero attached hydrogens (tertiary/aromatic N) is 3. The van der Waals surface area contributed by atoms with Gasteiger partial charge in [-0.3, -0.25) is 0 Å². The largest absolute Gasteiger partial charge is 0.334 e. The van der Waals surface area contributed by atoms with E-state index in [0.29, 0.717) is 17.1 Å². The number of hydrogen-bond donors (Lipinski definition) is 1. The van der Waals surface area contributed by atoms with Gasteiger partial charge in [0.05, 0.1) is 18.4 Å². The standard InChI is InChI=1S/C21H19ClF2N4O/c22-16-2-5-19(6-3-16)28-12-14(11-26-28)10-25-21(29)27(18-7-8-18)13-15-1-4-17(23)9-20(15)24/h1-6,9,11-12,18H,7-8,10,13H2,(H,25,29). The predicted octanol–water partition coefficient (Wildman–Crippen LogP) is 4.68. The van der Waals surface area contributed by atoms with Crippen LogP contribution in [-0.2, 0) is 13.1 Å². The van der Waals surface area contributed by atoms with Crippen molar-refractivity contribution < 1.29 is 13.6 Å². The Morgan fingerprint density at radius 1 is 1.21 bits per heavy atom. The number of hydrogen-bond acceptors (Lipinski definition) is 2. The SMILES string of the molecule is O=C(NCc1cnn(-c2ccc(Cl)cc2)c1)N(Cc1ccc(F)cc1F)C1CC1. The zero-order valence-corrected chi connectivity index (χ0v) is 16.2. The van der Waals surface area contributed by atoms with Gasteiger partial charge in [0.25, 0.3) is 0 Å². The summed E-state index contributed by atoms with van der Waals surface area (Å²) in [6.07, 6.45) is 5.26. The van der Waals surface area contributed by atoms with Crippen molar-refractivity contribution in [2.45, 2.75) is 32.0 Å². The molecule has 150 valence electrons. The molecular weight excluding hydrogens is 398 g/mol. The summed E-state index contributed by atoms with van der Waals surface area (Å²) in [5.74, 6) is -1.28. The Morgan fingerprint density at radius 3 is 2.66 bits per heavy atom. The van der Waals surface area contributed by atoms with Crippen LogP contribution in [0.1, 0.15) is 24.0 Å². The minimum absolute atomic E-state index is 0.0799. The molecule has 0 spiro atoms. The molecule has 0 unspecified atom stereocenters. The normalized spacial score (nSPS) is 13.3. The molecule has 1 aliphatic carbocycles. The summed E-state index contributed by atoms with van der Waals surface area (Å²) in [5, 5.41) is 7.80. The summed E-state index contributed by atoms with van der Waals surface area (Å²) < 4.78 is 28.8. The molecule has 1 heterocycles. The average molecular weight is 417 g/mol. The fourth-order valence-electron chi connectivity index (χ4n) is 3.05. The molecule has 4 rings (SSSR count). The Balaban J connectivity index is 1.39. The summed E-state index contributed by atoms with van der Waals surface area (Å²) in [4.78, 5) is 14.3. The van der Waals surface area contributed by atoms with E-state index in [1.165, 1.54) is 12.1 Å². The molecule has 0 saturated heterocycles. The molecule has 1 aliphatic rings. The molecule has 0 radical (unpaired) electrons. The summed E-state index contributed by atoms with van der Waals surface area (Å²) in [6, 6.07) is 10.5. The summed E-state index contributed by atoms with van der Waals surface area (Å²) >= 11 is 5.90. The quantitative estimate of drug-likeness (QED) is 0.634. The first-order valence-corrected chi connectivity index (χ1v) is 9.65. The fourth-order valence-corrected chi connectivity index (χ4v) is 3.18. The molecule has 2 aromatic carbocycles. The number of amides is 2. The summed E-state index contributed by atoms with van der Waals surface area (Å²) in [7, 11) is 0. The van der Waals surface area contributed by atoms with Crippen molar-refractivity contribution in [1.29, 1.82) is 0 Å². The van der Waals surface area contributed by atoms with E-state index in [2.05, 4.69) is 10.4 Å². The molecule has 0 atom stereocenters. The third-order valence-electron chi connectivity index (χ3n) is 4.78. The van der Waals surface area contributed by atoms with Crippen molar-refractivity contribution in [1.82, 2.24) is 20.0 Å². The monoisotopic (exact) mass is 416 g/mol. The second-order valence-corrected chi connectivity index (χ2v) is 7.46. The van der Waals surface area contributed by atoms with Gasteiger partial charge < -0.3 is 10.2 Å². The van der Waals surface area contributed by atoms with Crippen LogP contribution in [0.3, 0.4) is 0 Å². The van der Waals surface area contributed by atoms with Gasteiger partial charge in [-0.05, 0) is 43.2 Å². The average Bonchev–Trinajstić information content (AvgIpc) is 3.43. The number of aromatic nitrogens is 2. The van der Waals surface area contributed by atoms with E-state index in [9.17, 15) is 13.6 Å². The number of nitrogens with one attached hydrogen (secondary N) is 1. The third kappa shape index (κ3) is 4.74. The first-order valence-electron chi connectivity index (χ1n) is 9.27. The zero-order chi connectivity index (χ0) is 20.4. The van der Waals surface area contributed by atoms with Gasteiger partial charge in [-0.2, -0.15) is 5.10 Å². The van der Waals surface area contributed by atoms with Crippen LogP contribution in [0, 0.1) is 11.6 Å². The summed E-state index contributed by atoms with van der Waals surface area (Å²) in [6.45, 7) is 0.397. The van der Waals surface area contributed by atoms with Crippen LogP contribution in [0.5, 0.6) is 0 Å². The highest BCUT2D eigenvalue weighted by molar-refractivity contribution is 6.30. The molecule has 1 saturated carbocycles. The molecule has 3 aromatic rings. The number of carbonyl (C=O) groups is 1. The molecule has 1 fully saturated rings. The molecular formula is C21H19ClF2N4O. The molecule has 0 bridgehead atoms. The zero-order valence-electron chi connectivity index (χ0n) is 15.5.